The highest BCUT2D eigenvalue weighted by Crippen LogP contribution is 2.34. The Hall–Kier alpha value is -2.40. The van der Waals surface area contributed by atoms with E-state index < -0.39 is 34.3 Å². The number of hydrogen-bond donors (Lipinski definition) is 0. The number of rotatable bonds is 6. The number of halogens is 3. The lowest BCUT2D eigenvalue weighted by Gasteiger charge is -2.32. The first-order valence-electron chi connectivity index (χ1n) is 8.25. The van der Waals surface area contributed by atoms with Crippen molar-refractivity contribution < 1.29 is 32.4 Å². The molecule has 1 fully saturated rings. The standard InChI is InChI=1S/C16H20F3N3O5/c1-3-26-15(23)12-9-14(27-16(17,18)19)11(8-13(12)22(24)25)10-21-6-4-20(2)5-7-21/h8-9H,3-7,10H2,1-2H3. The Morgan fingerprint density at radius 3 is 2.41 bits per heavy atom. The van der Waals surface area contributed by atoms with Crippen LogP contribution in [-0.2, 0) is 11.3 Å². The van der Waals surface area contributed by atoms with Crippen molar-refractivity contribution in [2.75, 3.05) is 39.8 Å². The van der Waals surface area contributed by atoms with Gasteiger partial charge in [0.15, 0.2) is 0 Å². The second kappa shape index (κ2) is 8.53. The van der Waals surface area contributed by atoms with Crippen molar-refractivity contribution >= 4 is 11.7 Å². The highest BCUT2D eigenvalue weighted by molar-refractivity contribution is 5.94. The van der Waals surface area contributed by atoms with Crippen LogP contribution in [0.3, 0.4) is 0 Å². The summed E-state index contributed by atoms with van der Waals surface area (Å²) in [6, 6.07) is 1.68. The molecule has 1 aliphatic rings. The number of carbonyl (C=O) groups is 1. The number of alkyl halides is 3. The zero-order valence-electron chi connectivity index (χ0n) is 14.9. The van der Waals surface area contributed by atoms with Gasteiger partial charge >= 0.3 is 12.3 Å². The van der Waals surface area contributed by atoms with E-state index >= 15 is 0 Å². The molecule has 0 unspecified atom stereocenters. The minimum Gasteiger partial charge on any atom is -0.462 e. The highest BCUT2D eigenvalue weighted by atomic mass is 19.4. The average Bonchev–Trinajstić information content (AvgIpc) is 2.56. The lowest BCUT2D eigenvalue weighted by molar-refractivity contribution is -0.385. The van der Waals surface area contributed by atoms with Crippen LogP contribution < -0.4 is 4.74 Å². The molecule has 0 bridgehead atoms. The molecule has 1 heterocycles. The van der Waals surface area contributed by atoms with Crippen molar-refractivity contribution in [3.63, 3.8) is 0 Å². The summed E-state index contributed by atoms with van der Waals surface area (Å²) in [6.07, 6.45) is -5.00. The van der Waals surface area contributed by atoms with Gasteiger partial charge in [-0.1, -0.05) is 0 Å². The number of nitrogens with zero attached hydrogens (tertiary/aromatic N) is 3. The van der Waals surface area contributed by atoms with Gasteiger partial charge in [0.05, 0.1) is 11.5 Å². The normalized spacial score (nSPS) is 16.2. The number of ether oxygens (including phenoxy) is 2. The summed E-state index contributed by atoms with van der Waals surface area (Å²) in [5.74, 6) is -1.72. The van der Waals surface area contributed by atoms with Crippen molar-refractivity contribution in [1.82, 2.24) is 9.80 Å². The van der Waals surface area contributed by atoms with Gasteiger partial charge < -0.3 is 14.4 Å². The largest absolute Gasteiger partial charge is 0.573 e. The van der Waals surface area contributed by atoms with E-state index in [1.54, 1.807) is 0 Å². The molecule has 27 heavy (non-hydrogen) atoms. The van der Waals surface area contributed by atoms with Crippen LogP contribution in [-0.4, -0.2) is 66.9 Å². The van der Waals surface area contributed by atoms with Crippen LogP contribution in [0, 0.1) is 10.1 Å². The molecule has 1 aromatic carbocycles. The molecule has 8 nitrogen and oxygen atoms in total. The predicted molar refractivity (Wildman–Crippen MR) is 88.5 cm³/mol. The summed E-state index contributed by atoms with van der Waals surface area (Å²) in [4.78, 5) is 26.4. The SMILES string of the molecule is CCOC(=O)c1cc(OC(F)(F)F)c(CN2CCN(C)CC2)cc1[N+](=O)[O-]. The maximum Gasteiger partial charge on any atom is 0.573 e. The van der Waals surface area contributed by atoms with E-state index in [1.165, 1.54) is 6.92 Å². The van der Waals surface area contributed by atoms with Crippen molar-refractivity contribution in [2.24, 2.45) is 0 Å². The van der Waals surface area contributed by atoms with Crippen LogP contribution in [0.25, 0.3) is 0 Å². The van der Waals surface area contributed by atoms with Gasteiger partial charge in [0.1, 0.15) is 11.3 Å². The van der Waals surface area contributed by atoms with Gasteiger partial charge in [-0.25, -0.2) is 4.79 Å². The third kappa shape index (κ3) is 5.79. The van der Waals surface area contributed by atoms with Crippen molar-refractivity contribution in [3.05, 3.63) is 33.4 Å². The minimum absolute atomic E-state index is 0.0170. The van der Waals surface area contributed by atoms with E-state index in [-0.39, 0.29) is 18.7 Å². The molecule has 0 saturated carbocycles. The van der Waals surface area contributed by atoms with Gasteiger partial charge in [0.2, 0.25) is 0 Å². The molecule has 0 radical (unpaired) electrons. The lowest BCUT2D eigenvalue weighted by atomic mass is 10.1. The van der Waals surface area contributed by atoms with Crippen LogP contribution in [0.4, 0.5) is 18.9 Å². The molecule has 150 valence electrons. The first-order valence-corrected chi connectivity index (χ1v) is 8.25. The monoisotopic (exact) mass is 391 g/mol. The van der Waals surface area contributed by atoms with Crippen LogP contribution in [0.5, 0.6) is 5.75 Å². The summed E-state index contributed by atoms with van der Waals surface area (Å²) in [5, 5.41) is 11.3. The molecule has 0 spiro atoms. The number of carbonyl (C=O) groups excluding carboxylic acids is 1. The predicted octanol–water partition coefficient (Wildman–Crippen LogP) is 2.42. The molecular formula is C16H20F3N3O5. The van der Waals surface area contributed by atoms with E-state index in [4.69, 9.17) is 4.74 Å². The number of piperazine rings is 1. The topological polar surface area (TPSA) is 85.2 Å². The fraction of sp³-hybridized carbons (Fsp3) is 0.562. The number of likely N-dealkylation sites (N-methyl/N-ethyl adjacent to an activating group) is 1. The second-order valence-electron chi connectivity index (χ2n) is 6.08. The van der Waals surface area contributed by atoms with Crippen LogP contribution in [0.15, 0.2) is 12.1 Å². The van der Waals surface area contributed by atoms with Gasteiger partial charge in [0, 0.05) is 50.4 Å². The molecule has 2 rings (SSSR count). The molecule has 0 aromatic heterocycles. The quantitative estimate of drug-likeness (QED) is 0.418. The molecule has 0 aliphatic carbocycles. The maximum absolute atomic E-state index is 12.8. The third-order valence-electron chi connectivity index (χ3n) is 4.09. The molecule has 1 aromatic rings. The molecular weight excluding hydrogens is 371 g/mol. The van der Waals surface area contributed by atoms with E-state index in [0.717, 1.165) is 25.2 Å². The Balaban J connectivity index is 2.43. The molecule has 0 amide bonds. The summed E-state index contributed by atoms with van der Waals surface area (Å²) < 4.78 is 47.1. The number of nitro groups is 1. The second-order valence-corrected chi connectivity index (χ2v) is 6.08. The summed E-state index contributed by atoms with van der Waals surface area (Å²) >= 11 is 0. The lowest BCUT2D eigenvalue weighted by Crippen LogP contribution is -2.44. The van der Waals surface area contributed by atoms with E-state index in [0.29, 0.717) is 13.1 Å². The van der Waals surface area contributed by atoms with Crippen LogP contribution >= 0.6 is 0 Å². The Morgan fingerprint density at radius 1 is 1.26 bits per heavy atom. The molecule has 0 N–H and O–H groups in total. The maximum atomic E-state index is 12.8. The number of benzene rings is 1. The van der Waals surface area contributed by atoms with Crippen molar-refractivity contribution in [3.8, 4) is 5.75 Å². The van der Waals surface area contributed by atoms with Gasteiger partial charge in [0.25, 0.3) is 5.69 Å². The first-order chi connectivity index (χ1) is 12.6. The number of nitro benzene ring substituents is 1. The molecule has 1 saturated heterocycles. The Labute approximate surface area is 153 Å². The van der Waals surface area contributed by atoms with E-state index in [1.807, 2.05) is 11.9 Å². The van der Waals surface area contributed by atoms with Gasteiger partial charge in [-0.15, -0.1) is 13.2 Å². The number of esters is 1. The van der Waals surface area contributed by atoms with E-state index in [9.17, 15) is 28.1 Å². The first kappa shape index (κ1) is 20.9. The van der Waals surface area contributed by atoms with Crippen LogP contribution in [0.2, 0.25) is 0 Å². The fourth-order valence-corrected chi connectivity index (χ4v) is 2.73. The third-order valence-corrected chi connectivity index (χ3v) is 4.09. The van der Waals surface area contributed by atoms with Gasteiger partial charge in [-0.2, -0.15) is 0 Å². The van der Waals surface area contributed by atoms with Crippen molar-refractivity contribution in [1.29, 1.82) is 0 Å². The Bertz CT molecular complexity index is 703. The number of hydrogen-bond acceptors (Lipinski definition) is 7. The summed E-state index contributed by atoms with van der Waals surface area (Å²) in [7, 11) is 1.93. The fourth-order valence-electron chi connectivity index (χ4n) is 2.73. The van der Waals surface area contributed by atoms with Gasteiger partial charge in [-0.05, 0) is 14.0 Å². The molecule has 0 atom stereocenters. The van der Waals surface area contributed by atoms with Crippen molar-refractivity contribution in [2.45, 2.75) is 19.8 Å². The summed E-state index contributed by atoms with van der Waals surface area (Å²) in [6.45, 7) is 4.07. The highest BCUT2D eigenvalue weighted by Gasteiger charge is 2.35. The molecule has 11 heteroatoms. The minimum atomic E-state index is -5.00. The van der Waals surface area contributed by atoms with E-state index in [2.05, 4.69) is 9.64 Å². The zero-order chi connectivity index (χ0) is 20.2. The average molecular weight is 391 g/mol. The Kier molecular flexibility index (Phi) is 6.60. The Morgan fingerprint density at radius 2 is 1.89 bits per heavy atom. The van der Waals surface area contributed by atoms with Gasteiger partial charge in [-0.3, -0.25) is 15.0 Å². The molecule has 1 aliphatic heterocycles. The summed E-state index contributed by atoms with van der Waals surface area (Å²) in [5.41, 5.74) is -1.22. The van der Waals surface area contributed by atoms with Crippen LogP contribution in [0.1, 0.15) is 22.8 Å². The smallest absolute Gasteiger partial charge is 0.462 e. The zero-order valence-corrected chi connectivity index (χ0v) is 14.9.